The van der Waals surface area contributed by atoms with Crippen molar-refractivity contribution < 1.29 is 18.3 Å². The van der Waals surface area contributed by atoms with Crippen LogP contribution >= 0.6 is 0 Å². The summed E-state index contributed by atoms with van der Waals surface area (Å²) in [5.74, 6) is -0.0541. The Kier molecular flexibility index (Phi) is 4.24. The molecule has 0 fully saturated rings. The maximum Gasteiger partial charge on any atom is 0.246 e. The predicted octanol–water partition coefficient (Wildman–Crippen LogP) is -1.72. The first-order valence-corrected chi connectivity index (χ1v) is 5.90. The van der Waals surface area contributed by atoms with Gasteiger partial charge in [-0.15, -0.1) is 0 Å². The number of rotatable bonds is 6. The van der Waals surface area contributed by atoms with Crippen LogP contribution in [-0.4, -0.2) is 50.1 Å². The highest BCUT2D eigenvalue weighted by atomic mass is 32.2. The minimum atomic E-state index is -3.79. The summed E-state index contributed by atoms with van der Waals surface area (Å²) < 4.78 is 30.5. The molecule has 16 heavy (non-hydrogen) atoms. The van der Waals surface area contributed by atoms with E-state index in [0.717, 1.165) is 6.20 Å². The number of hydrogen-bond donors (Lipinski definition) is 4. The van der Waals surface area contributed by atoms with E-state index in [1.54, 1.807) is 0 Å². The summed E-state index contributed by atoms with van der Waals surface area (Å²) in [6, 6.07) is -0.718. The van der Waals surface area contributed by atoms with Gasteiger partial charge in [-0.2, -0.15) is 5.10 Å². The SMILES string of the molecule is COCC(CO)NS(=O)(=O)c1cn[nH]c1N. The third-order valence-electron chi connectivity index (χ3n) is 1.83. The Morgan fingerprint density at radius 1 is 1.75 bits per heavy atom. The summed E-state index contributed by atoms with van der Waals surface area (Å²) in [4.78, 5) is -0.151. The lowest BCUT2D eigenvalue weighted by Crippen LogP contribution is -2.40. The molecule has 1 unspecified atom stereocenters. The van der Waals surface area contributed by atoms with E-state index in [0.29, 0.717) is 0 Å². The van der Waals surface area contributed by atoms with Crippen molar-refractivity contribution in [1.82, 2.24) is 14.9 Å². The van der Waals surface area contributed by atoms with Gasteiger partial charge in [-0.1, -0.05) is 0 Å². The van der Waals surface area contributed by atoms with Crippen LogP contribution in [0.25, 0.3) is 0 Å². The standard InChI is InChI=1S/C7H14N4O4S/c1-15-4-5(3-12)11-16(13,14)6-2-9-10-7(6)8/h2,5,11-12H,3-4H2,1H3,(H3,8,9,10). The second-order valence-corrected chi connectivity index (χ2v) is 4.79. The lowest BCUT2D eigenvalue weighted by molar-refractivity contribution is 0.139. The summed E-state index contributed by atoms with van der Waals surface area (Å²) >= 11 is 0. The van der Waals surface area contributed by atoms with E-state index in [1.165, 1.54) is 7.11 Å². The van der Waals surface area contributed by atoms with E-state index in [1.807, 2.05) is 0 Å². The van der Waals surface area contributed by atoms with E-state index < -0.39 is 16.1 Å². The first-order chi connectivity index (χ1) is 7.51. The molecular formula is C7H14N4O4S. The van der Waals surface area contributed by atoms with Gasteiger partial charge in [-0.25, -0.2) is 13.1 Å². The molecule has 0 aliphatic carbocycles. The number of aliphatic hydroxyl groups is 1. The fourth-order valence-electron chi connectivity index (χ4n) is 1.11. The average Bonchev–Trinajstić information content (AvgIpc) is 2.64. The van der Waals surface area contributed by atoms with Crippen LogP contribution < -0.4 is 10.5 Å². The van der Waals surface area contributed by atoms with Gasteiger partial charge in [-0.05, 0) is 0 Å². The van der Waals surface area contributed by atoms with Crippen LogP contribution in [0.3, 0.4) is 0 Å². The molecular weight excluding hydrogens is 236 g/mol. The molecule has 0 radical (unpaired) electrons. The van der Waals surface area contributed by atoms with Crippen molar-refractivity contribution in [1.29, 1.82) is 0 Å². The molecule has 0 amide bonds. The Bertz CT molecular complexity index is 429. The normalized spacial score (nSPS) is 13.9. The lowest BCUT2D eigenvalue weighted by Gasteiger charge is -2.14. The molecule has 0 saturated heterocycles. The molecule has 0 aromatic carbocycles. The Morgan fingerprint density at radius 2 is 2.44 bits per heavy atom. The summed E-state index contributed by atoms with van der Waals surface area (Å²) in [5.41, 5.74) is 5.39. The molecule has 1 rings (SSSR count). The lowest BCUT2D eigenvalue weighted by atomic mass is 10.4. The Hall–Kier alpha value is -1.16. The molecule has 0 aliphatic rings. The van der Waals surface area contributed by atoms with Gasteiger partial charge in [0, 0.05) is 7.11 Å². The van der Waals surface area contributed by atoms with Crippen molar-refractivity contribution in [2.45, 2.75) is 10.9 Å². The molecule has 0 aliphatic heterocycles. The maximum absolute atomic E-state index is 11.7. The first-order valence-electron chi connectivity index (χ1n) is 4.42. The molecule has 1 aromatic heterocycles. The Morgan fingerprint density at radius 3 is 2.88 bits per heavy atom. The van der Waals surface area contributed by atoms with Gasteiger partial charge in [0.1, 0.15) is 10.7 Å². The van der Waals surface area contributed by atoms with E-state index in [-0.39, 0.29) is 23.9 Å². The number of nitrogens with two attached hydrogens (primary N) is 1. The molecule has 1 atom stereocenters. The predicted molar refractivity (Wildman–Crippen MR) is 56.1 cm³/mol. The third-order valence-corrected chi connectivity index (χ3v) is 3.38. The summed E-state index contributed by atoms with van der Waals surface area (Å²) in [6.45, 7) is -0.307. The smallest absolute Gasteiger partial charge is 0.246 e. The van der Waals surface area contributed by atoms with Gasteiger partial charge in [0.25, 0.3) is 0 Å². The average molecular weight is 250 g/mol. The fraction of sp³-hybridized carbons (Fsp3) is 0.571. The van der Waals surface area contributed by atoms with Crippen LogP contribution in [0.5, 0.6) is 0 Å². The van der Waals surface area contributed by atoms with Gasteiger partial charge in [0.15, 0.2) is 0 Å². The highest BCUT2D eigenvalue weighted by Crippen LogP contribution is 2.13. The highest BCUT2D eigenvalue weighted by Gasteiger charge is 2.23. The number of nitrogens with zero attached hydrogens (tertiary/aromatic N) is 1. The van der Waals surface area contributed by atoms with E-state index >= 15 is 0 Å². The number of ether oxygens (including phenoxy) is 1. The number of aliphatic hydroxyl groups excluding tert-OH is 1. The minimum absolute atomic E-state index is 0.0541. The Balaban J connectivity index is 2.83. The summed E-state index contributed by atoms with van der Waals surface area (Å²) in [5, 5.41) is 14.7. The molecule has 9 heteroatoms. The van der Waals surface area contributed by atoms with Gasteiger partial charge in [0.2, 0.25) is 10.0 Å². The maximum atomic E-state index is 11.7. The number of H-pyrrole nitrogens is 1. The number of aromatic amines is 1. The van der Waals surface area contributed by atoms with Crippen LogP contribution in [0, 0.1) is 0 Å². The van der Waals surface area contributed by atoms with Gasteiger partial charge < -0.3 is 15.6 Å². The van der Waals surface area contributed by atoms with Crippen LogP contribution in [0.1, 0.15) is 0 Å². The number of nitrogen functional groups attached to an aromatic ring is 1. The number of aromatic nitrogens is 2. The number of methoxy groups -OCH3 is 1. The molecule has 0 saturated carbocycles. The van der Waals surface area contributed by atoms with Crippen LogP contribution in [0.2, 0.25) is 0 Å². The van der Waals surface area contributed by atoms with Crippen molar-refractivity contribution in [3.8, 4) is 0 Å². The van der Waals surface area contributed by atoms with Crippen molar-refractivity contribution in [2.24, 2.45) is 0 Å². The summed E-state index contributed by atoms with van der Waals surface area (Å²) in [6.07, 6.45) is 1.10. The van der Waals surface area contributed by atoms with E-state index in [4.69, 9.17) is 15.6 Å². The van der Waals surface area contributed by atoms with Gasteiger partial charge in [-0.3, -0.25) is 5.10 Å². The van der Waals surface area contributed by atoms with Crippen molar-refractivity contribution in [3.05, 3.63) is 6.20 Å². The molecule has 0 bridgehead atoms. The quantitative estimate of drug-likeness (QED) is 0.475. The van der Waals surface area contributed by atoms with Crippen molar-refractivity contribution in [2.75, 3.05) is 26.1 Å². The molecule has 0 spiro atoms. The number of nitrogens with one attached hydrogen (secondary N) is 2. The zero-order chi connectivity index (χ0) is 12.2. The number of anilines is 1. The minimum Gasteiger partial charge on any atom is -0.395 e. The van der Waals surface area contributed by atoms with E-state index in [2.05, 4.69) is 14.9 Å². The molecule has 5 N–H and O–H groups in total. The first kappa shape index (κ1) is 12.9. The van der Waals surface area contributed by atoms with Crippen molar-refractivity contribution >= 4 is 15.8 Å². The van der Waals surface area contributed by atoms with Gasteiger partial charge >= 0.3 is 0 Å². The van der Waals surface area contributed by atoms with E-state index in [9.17, 15) is 8.42 Å². The van der Waals surface area contributed by atoms with Crippen LogP contribution in [0.4, 0.5) is 5.82 Å². The molecule has 1 heterocycles. The highest BCUT2D eigenvalue weighted by molar-refractivity contribution is 7.89. The summed E-state index contributed by atoms with van der Waals surface area (Å²) in [7, 11) is -2.38. The van der Waals surface area contributed by atoms with Crippen LogP contribution in [0.15, 0.2) is 11.1 Å². The largest absolute Gasteiger partial charge is 0.395 e. The third kappa shape index (κ3) is 2.92. The topological polar surface area (TPSA) is 130 Å². The fourth-order valence-corrected chi connectivity index (χ4v) is 2.34. The second kappa shape index (κ2) is 5.25. The number of sulfonamides is 1. The monoisotopic (exact) mass is 250 g/mol. The molecule has 8 nitrogen and oxygen atoms in total. The second-order valence-electron chi connectivity index (χ2n) is 3.10. The zero-order valence-corrected chi connectivity index (χ0v) is 9.49. The number of hydrogen-bond acceptors (Lipinski definition) is 6. The van der Waals surface area contributed by atoms with Gasteiger partial charge in [0.05, 0.1) is 25.5 Å². The van der Waals surface area contributed by atoms with Crippen LogP contribution in [-0.2, 0) is 14.8 Å². The molecule has 92 valence electrons. The zero-order valence-electron chi connectivity index (χ0n) is 8.67. The molecule has 1 aromatic rings. The Labute approximate surface area is 92.8 Å². The van der Waals surface area contributed by atoms with Crippen molar-refractivity contribution in [3.63, 3.8) is 0 Å².